The van der Waals surface area contributed by atoms with Gasteiger partial charge in [0.05, 0.1) is 5.69 Å². The van der Waals surface area contributed by atoms with Crippen molar-refractivity contribution in [3.8, 4) is 0 Å². The van der Waals surface area contributed by atoms with Crippen LogP contribution in [0.4, 0.5) is 5.69 Å². The molecule has 0 bridgehead atoms. The van der Waals surface area contributed by atoms with Gasteiger partial charge in [0.25, 0.3) is 11.8 Å². The van der Waals surface area contributed by atoms with Crippen molar-refractivity contribution in [1.82, 2.24) is 4.90 Å². The topological polar surface area (TPSA) is 40.6 Å². The van der Waals surface area contributed by atoms with Crippen LogP contribution in [0, 0.1) is 6.92 Å². The molecule has 1 aliphatic rings. The number of likely N-dealkylation sites (N-methyl/N-ethyl adjacent to an activating group) is 1. The van der Waals surface area contributed by atoms with Crippen LogP contribution in [-0.2, 0) is 9.59 Å². The van der Waals surface area contributed by atoms with E-state index in [1.165, 1.54) is 21.1 Å². The van der Waals surface area contributed by atoms with Gasteiger partial charge in [0.2, 0.25) is 0 Å². The van der Waals surface area contributed by atoms with Gasteiger partial charge in [0.15, 0.2) is 5.11 Å². The lowest BCUT2D eigenvalue weighted by atomic mass is 10.1. The number of hydrogen-bond acceptors (Lipinski definition) is 4. The molecular formula is C18H15ClN2O2S2. The Bertz CT molecular complexity index is 887. The first-order chi connectivity index (χ1) is 11.9. The fourth-order valence-electron chi connectivity index (χ4n) is 2.55. The summed E-state index contributed by atoms with van der Waals surface area (Å²) in [6.07, 6.45) is 1.63. The van der Waals surface area contributed by atoms with Crippen LogP contribution in [-0.4, -0.2) is 28.4 Å². The summed E-state index contributed by atoms with van der Waals surface area (Å²) in [5.41, 5.74) is 0.686. The molecule has 3 rings (SSSR count). The largest absolute Gasteiger partial charge is 0.285 e. The van der Waals surface area contributed by atoms with Crippen LogP contribution in [0.2, 0.25) is 5.02 Å². The summed E-state index contributed by atoms with van der Waals surface area (Å²) in [6, 6.07) is 10.6. The molecule has 0 spiro atoms. The number of carbonyl (C=O) groups is 2. The SMILES string of the molecule is CCN1C(=O)/C(=C\c2ccc(C)s2)C(=O)N(c2ccc(Cl)cc2)C1=S. The average molecular weight is 391 g/mol. The lowest BCUT2D eigenvalue weighted by Crippen LogP contribution is -2.56. The van der Waals surface area contributed by atoms with Crippen molar-refractivity contribution in [2.24, 2.45) is 0 Å². The highest BCUT2D eigenvalue weighted by atomic mass is 35.5. The Morgan fingerprint density at radius 2 is 1.80 bits per heavy atom. The van der Waals surface area contributed by atoms with Crippen molar-refractivity contribution in [2.75, 3.05) is 11.4 Å². The Morgan fingerprint density at radius 3 is 2.36 bits per heavy atom. The molecule has 0 N–H and O–H groups in total. The Morgan fingerprint density at radius 1 is 1.12 bits per heavy atom. The molecule has 0 saturated carbocycles. The zero-order valence-corrected chi connectivity index (χ0v) is 16.0. The van der Waals surface area contributed by atoms with Crippen molar-refractivity contribution in [2.45, 2.75) is 13.8 Å². The number of hydrogen-bond donors (Lipinski definition) is 0. The first kappa shape index (κ1) is 17.8. The van der Waals surface area contributed by atoms with Crippen molar-refractivity contribution in [1.29, 1.82) is 0 Å². The smallest absolute Gasteiger partial charge is 0.270 e. The van der Waals surface area contributed by atoms with Crippen LogP contribution >= 0.6 is 35.2 Å². The van der Waals surface area contributed by atoms with Gasteiger partial charge >= 0.3 is 0 Å². The number of thiophene rings is 1. The van der Waals surface area contributed by atoms with Crippen LogP contribution in [0.25, 0.3) is 6.08 Å². The Hall–Kier alpha value is -2.02. The van der Waals surface area contributed by atoms with E-state index < -0.39 is 5.91 Å². The maximum atomic E-state index is 13.0. The second-order valence-electron chi connectivity index (χ2n) is 5.46. The number of thiocarbonyl (C=S) groups is 1. The van der Waals surface area contributed by atoms with E-state index in [4.69, 9.17) is 23.8 Å². The first-order valence-corrected chi connectivity index (χ1v) is 9.26. The molecule has 2 aromatic rings. The second kappa shape index (κ2) is 7.07. The van der Waals surface area contributed by atoms with Gasteiger partial charge in [-0.05, 0) is 68.5 Å². The minimum Gasteiger partial charge on any atom is -0.285 e. The Kier molecular flexibility index (Phi) is 5.03. The van der Waals surface area contributed by atoms with E-state index in [0.29, 0.717) is 17.3 Å². The lowest BCUT2D eigenvalue weighted by Gasteiger charge is -2.36. The normalized spacial score (nSPS) is 16.9. The van der Waals surface area contributed by atoms with Crippen LogP contribution in [0.1, 0.15) is 16.7 Å². The zero-order chi connectivity index (χ0) is 18.1. The maximum Gasteiger partial charge on any atom is 0.270 e. The van der Waals surface area contributed by atoms with E-state index in [2.05, 4.69) is 0 Å². The van der Waals surface area contributed by atoms with E-state index in [9.17, 15) is 9.59 Å². The lowest BCUT2D eigenvalue weighted by molar-refractivity contribution is -0.127. The number of carbonyl (C=O) groups excluding carboxylic acids is 2. The first-order valence-electron chi connectivity index (χ1n) is 7.66. The summed E-state index contributed by atoms with van der Waals surface area (Å²) in [7, 11) is 0. The zero-order valence-electron chi connectivity index (χ0n) is 13.7. The van der Waals surface area contributed by atoms with Crippen molar-refractivity contribution in [3.05, 3.63) is 56.7 Å². The molecule has 2 heterocycles. The van der Waals surface area contributed by atoms with E-state index in [-0.39, 0.29) is 16.6 Å². The van der Waals surface area contributed by atoms with Gasteiger partial charge in [-0.15, -0.1) is 11.3 Å². The molecule has 7 heteroatoms. The van der Waals surface area contributed by atoms with Gasteiger partial charge in [-0.1, -0.05) is 11.6 Å². The molecule has 0 aliphatic carbocycles. The standard InChI is InChI=1S/C18H15ClN2O2S2/c1-3-20-16(22)15(10-14-9-4-11(2)25-14)17(23)21(18(20)24)13-7-5-12(19)6-8-13/h4-10H,3H2,1-2H3/b15-10+. The molecule has 4 nitrogen and oxygen atoms in total. The number of benzene rings is 1. The average Bonchev–Trinajstić information content (AvgIpc) is 2.99. The summed E-state index contributed by atoms with van der Waals surface area (Å²) in [5.74, 6) is -0.790. The van der Waals surface area contributed by atoms with Gasteiger partial charge in [-0.25, -0.2) is 0 Å². The number of halogens is 1. The van der Waals surface area contributed by atoms with Crippen LogP contribution in [0.15, 0.2) is 42.0 Å². The van der Waals surface area contributed by atoms with E-state index in [1.54, 1.807) is 30.3 Å². The van der Waals surface area contributed by atoms with Gasteiger partial charge in [-0.2, -0.15) is 0 Å². The highest BCUT2D eigenvalue weighted by molar-refractivity contribution is 7.80. The third kappa shape index (κ3) is 3.38. The number of amides is 2. The molecule has 128 valence electrons. The Labute approximate surface area is 160 Å². The van der Waals surface area contributed by atoms with Crippen molar-refractivity contribution < 1.29 is 9.59 Å². The molecule has 1 aromatic carbocycles. The molecule has 25 heavy (non-hydrogen) atoms. The molecular weight excluding hydrogens is 376 g/mol. The van der Waals surface area contributed by atoms with Crippen LogP contribution in [0.3, 0.4) is 0 Å². The number of anilines is 1. The molecule has 2 amide bonds. The summed E-state index contributed by atoms with van der Waals surface area (Å²) in [4.78, 5) is 30.5. The quantitative estimate of drug-likeness (QED) is 0.446. The second-order valence-corrected chi connectivity index (χ2v) is 7.58. The fraction of sp³-hybridized carbons (Fsp3) is 0.167. The van der Waals surface area contributed by atoms with Crippen LogP contribution < -0.4 is 4.90 Å². The number of nitrogens with zero attached hydrogens (tertiary/aromatic N) is 2. The maximum absolute atomic E-state index is 13.0. The predicted octanol–water partition coefficient (Wildman–Crippen LogP) is 4.27. The van der Waals surface area contributed by atoms with Gasteiger partial charge in [0, 0.05) is 21.3 Å². The van der Waals surface area contributed by atoms with E-state index in [1.807, 2.05) is 26.0 Å². The van der Waals surface area contributed by atoms with Crippen molar-refractivity contribution >= 4 is 63.8 Å². The molecule has 1 fully saturated rings. The van der Waals surface area contributed by atoms with E-state index >= 15 is 0 Å². The monoisotopic (exact) mass is 390 g/mol. The van der Waals surface area contributed by atoms with Crippen molar-refractivity contribution in [3.63, 3.8) is 0 Å². The van der Waals surface area contributed by atoms with E-state index in [0.717, 1.165) is 9.75 Å². The number of rotatable bonds is 3. The summed E-state index contributed by atoms with van der Waals surface area (Å²) in [5, 5.41) is 0.742. The molecule has 0 unspecified atom stereocenters. The molecule has 1 aliphatic heterocycles. The summed E-state index contributed by atoms with van der Waals surface area (Å²) >= 11 is 12.8. The molecule has 1 saturated heterocycles. The molecule has 0 radical (unpaired) electrons. The van der Waals surface area contributed by atoms with Crippen LogP contribution in [0.5, 0.6) is 0 Å². The summed E-state index contributed by atoms with van der Waals surface area (Å²) in [6.45, 7) is 4.19. The third-order valence-corrected chi connectivity index (χ3v) is 5.38. The minimum absolute atomic E-state index is 0.104. The predicted molar refractivity (Wildman–Crippen MR) is 106 cm³/mol. The highest BCUT2D eigenvalue weighted by Gasteiger charge is 2.39. The highest BCUT2D eigenvalue weighted by Crippen LogP contribution is 2.28. The molecule has 1 aromatic heterocycles. The fourth-order valence-corrected chi connectivity index (χ4v) is 3.89. The van der Waals surface area contributed by atoms with Gasteiger partial charge < -0.3 is 0 Å². The third-order valence-electron chi connectivity index (χ3n) is 3.78. The van der Waals surface area contributed by atoms with Gasteiger partial charge in [0.1, 0.15) is 5.57 Å². The number of aryl methyl sites for hydroxylation is 1. The Balaban J connectivity index is 2.08. The minimum atomic E-state index is -0.423. The summed E-state index contributed by atoms with van der Waals surface area (Å²) < 4.78 is 0. The molecule has 0 atom stereocenters. The van der Waals surface area contributed by atoms with Gasteiger partial charge in [-0.3, -0.25) is 19.4 Å².